The van der Waals surface area contributed by atoms with Gasteiger partial charge in [-0.25, -0.2) is 0 Å². The molecule has 1 aliphatic heterocycles. The molecule has 2 aromatic carbocycles. The van der Waals surface area contributed by atoms with E-state index in [-0.39, 0.29) is 24.6 Å². The van der Waals surface area contributed by atoms with E-state index in [2.05, 4.69) is 5.32 Å². The van der Waals surface area contributed by atoms with Gasteiger partial charge >= 0.3 is 0 Å². The molecule has 1 fully saturated rings. The summed E-state index contributed by atoms with van der Waals surface area (Å²) in [6.07, 6.45) is 5.75. The molecule has 34 heavy (non-hydrogen) atoms. The molecule has 2 amide bonds. The number of hydrogen-bond acceptors (Lipinski definition) is 5. The molecule has 2 aliphatic rings. The predicted octanol–water partition coefficient (Wildman–Crippen LogP) is 4.22. The van der Waals surface area contributed by atoms with Crippen molar-refractivity contribution in [2.45, 2.75) is 70.5 Å². The monoisotopic (exact) mass is 466 g/mol. The number of nitrogens with one attached hydrogen (secondary N) is 1. The Bertz CT molecular complexity index is 985. The first-order chi connectivity index (χ1) is 16.6. The highest BCUT2D eigenvalue weighted by molar-refractivity contribution is 5.88. The van der Waals surface area contributed by atoms with Crippen LogP contribution in [0, 0.1) is 0 Å². The number of nitrogens with zero attached hydrogens (tertiary/aromatic N) is 1. The third kappa shape index (κ3) is 5.82. The lowest BCUT2D eigenvalue weighted by Crippen LogP contribution is -2.51. The Labute approximate surface area is 201 Å². The number of benzene rings is 2. The zero-order valence-corrected chi connectivity index (χ0v) is 20.0. The highest BCUT2D eigenvalue weighted by atomic mass is 16.7. The van der Waals surface area contributed by atoms with Crippen LogP contribution in [0.1, 0.15) is 56.6 Å². The molecule has 0 bridgehead atoms. The third-order valence-corrected chi connectivity index (χ3v) is 6.66. The SMILES string of the molecule is CCC(C(=O)NC1CCCC1)N(Cc1ccc(OC)cc1)C(=O)CCc1ccc2c(c1)OCO2. The van der Waals surface area contributed by atoms with Crippen molar-refractivity contribution in [1.82, 2.24) is 10.2 Å². The van der Waals surface area contributed by atoms with Crippen LogP contribution in [-0.4, -0.2) is 42.7 Å². The second kappa shape index (κ2) is 11.3. The van der Waals surface area contributed by atoms with E-state index in [1.165, 1.54) is 0 Å². The van der Waals surface area contributed by atoms with Crippen molar-refractivity contribution in [3.05, 3.63) is 53.6 Å². The number of rotatable bonds is 10. The minimum Gasteiger partial charge on any atom is -0.497 e. The first-order valence-electron chi connectivity index (χ1n) is 12.2. The molecule has 0 saturated heterocycles. The maximum atomic E-state index is 13.5. The van der Waals surface area contributed by atoms with Gasteiger partial charge in [0.2, 0.25) is 18.6 Å². The van der Waals surface area contributed by atoms with E-state index in [9.17, 15) is 9.59 Å². The maximum Gasteiger partial charge on any atom is 0.243 e. The number of aryl methyl sites for hydroxylation is 1. The minimum atomic E-state index is -0.507. The average Bonchev–Trinajstić information content (AvgIpc) is 3.54. The van der Waals surface area contributed by atoms with Crippen LogP contribution in [0.15, 0.2) is 42.5 Å². The van der Waals surface area contributed by atoms with Crippen LogP contribution < -0.4 is 19.5 Å². The Morgan fingerprint density at radius 3 is 2.47 bits per heavy atom. The summed E-state index contributed by atoms with van der Waals surface area (Å²) >= 11 is 0. The van der Waals surface area contributed by atoms with Crippen LogP contribution in [0.5, 0.6) is 17.2 Å². The highest BCUT2D eigenvalue weighted by Gasteiger charge is 2.30. The average molecular weight is 467 g/mol. The Morgan fingerprint density at radius 1 is 1.06 bits per heavy atom. The van der Waals surface area contributed by atoms with E-state index in [0.29, 0.717) is 31.6 Å². The van der Waals surface area contributed by atoms with Gasteiger partial charge in [0.05, 0.1) is 7.11 Å². The van der Waals surface area contributed by atoms with Crippen LogP contribution in [0.3, 0.4) is 0 Å². The van der Waals surface area contributed by atoms with Gasteiger partial charge in [0.25, 0.3) is 0 Å². The fourth-order valence-electron chi connectivity index (χ4n) is 4.71. The van der Waals surface area contributed by atoms with Crippen LogP contribution in [0.4, 0.5) is 0 Å². The molecule has 7 heteroatoms. The zero-order valence-electron chi connectivity index (χ0n) is 20.0. The molecule has 0 radical (unpaired) electrons. The van der Waals surface area contributed by atoms with Gasteiger partial charge in [-0.05, 0) is 61.1 Å². The number of fused-ring (bicyclic) bond motifs is 1. The molecule has 1 N–H and O–H groups in total. The normalized spacial score (nSPS) is 15.7. The van der Waals surface area contributed by atoms with Gasteiger partial charge in [-0.3, -0.25) is 9.59 Å². The second-order valence-electron chi connectivity index (χ2n) is 8.97. The van der Waals surface area contributed by atoms with Crippen LogP contribution in [-0.2, 0) is 22.6 Å². The number of carbonyl (C=O) groups excluding carboxylic acids is 2. The van der Waals surface area contributed by atoms with Crippen molar-refractivity contribution in [3.63, 3.8) is 0 Å². The molecule has 0 aromatic heterocycles. The van der Waals surface area contributed by atoms with Crippen molar-refractivity contribution in [2.24, 2.45) is 0 Å². The molecule has 1 unspecified atom stereocenters. The Hall–Kier alpha value is -3.22. The van der Waals surface area contributed by atoms with E-state index in [0.717, 1.165) is 48.3 Å². The summed E-state index contributed by atoms with van der Waals surface area (Å²) in [4.78, 5) is 28.4. The van der Waals surface area contributed by atoms with Crippen molar-refractivity contribution in [3.8, 4) is 17.2 Å². The van der Waals surface area contributed by atoms with Crippen LogP contribution in [0.25, 0.3) is 0 Å². The van der Waals surface area contributed by atoms with E-state index >= 15 is 0 Å². The smallest absolute Gasteiger partial charge is 0.243 e. The number of hydrogen-bond donors (Lipinski definition) is 1. The predicted molar refractivity (Wildman–Crippen MR) is 129 cm³/mol. The van der Waals surface area contributed by atoms with Crippen molar-refractivity contribution in [2.75, 3.05) is 13.9 Å². The lowest BCUT2D eigenvalue weighted by atomic mass is 10.1. The highest BCUT2D eigenvalue weighted by Crippen LogP contribution is 2.33. The van der Waals surface area contributed by atoms with Gasteiger partial charge in [0, 0.05) is 19.0 Å². The summed E-state index contributed by atoms with van der Waals surface area (Å²) in [6, 6.07) is 13.1. The van der Waals surface area contributed by atoms with Gasteiger partial charge in [-0.1, -0.05) is 38.0 Å². The molecule has 182 valence electrons. The molecule has 7 nitrogen and oxygen atoms in total. The van der Waals surface area contributed by atoms with Crippen molar-refractivity contribution in [1.29, 1.82) is 0 Å². The van der Waals surface area contributed by atoms with Crippen molar-refractivity contribution >= 4 is 11.8 Å². The van der Waals surface area contributed by atoms with Gasteiger partial charge in [-0.2, -0.15) is 0 Å². The number of ether oxygens (including phenoxy) is 3. The molecule has 0 spiro atoms. The van der Waals surface area contributed by atoms with E-state index in [1.807, 2.05) is 49.4 Å². The van der Waals surface area contributed by atoms with E-state index in [1.54, 1.807) is 12.0 Å². The Kier molecular flexibility index (Phi) is 7.93. The molecular weight excluding hydrogens is 432 g/mol. The minimum absolute atomic E-state index is 0.0399. The first kappa shape index (κ1) is 23.9. The first-order valence-corrected chi connectivity index (χ1v) is 12.2. The van der Waals surface area contributed by atoms with Gasteiger partial charge in [-0.15, -0.1) is 0 Å². The molecule has 1 atom stereocenters. The standard InChI is InChI=1S/C27H34N2O5/c1-3-23(27(31)28-21-6-4-5-7-21)29(17-20-8-12-22(32-2)13-9-20)26(30)15-11-19-10-14-24-25(16-19)34-18-33-24/h8-10,12-14,16,21,23H,3-7,11,15,17-18H2,1-2H3,(H,28,31). The molecular formula is C27H34N2O5. The molecule has 1 heterocycles. The van der Waals surface area contributed by atoms with E-state index in [4.69, 9.17) is 14.2 Å². The van der Waals surface area contributed by atoms with Crippen molar-refractivity contribution < 1.29 is 23.8 Å². The summed E-state index contributed by atoms with van der Waals surface area (Å²) in [5.41, 5.74) is 1.97. The molecule has 1 aliphatic carbocycles. The molecule has 1 saturated carbocycles. The van der Waals surface area contributed by atoms with Gasteiger partial charge < -0.3 is 24.4 Å². The summed E-state index contributed by atoms with van der Waals surface area (Å²) in [5, 5.41) is 3.19. The quantitative estimate of drug-likeness (QED) is 0.567. The number of amides is 2. The Balaban J connectivity index is 1.48. The lowest BCUT2D eigenvalue weighted by molar-refractivity contribution is -0.141. The summed E-state index contributed by atoms with van der Waals surface area (Å²) < 4.78 is 16.1. The zero-order chi connectivity index (χ0) is 23.9. The van der Waals surface area contributed by atoms with E-state index < -0.39 is 6.04 Å². The Morgan fingerprint density at radius 2 is 1.76 bits per heavy atom. The van der Waals surface area contributed by atoms with Gasteiger partial charge in [0.1, 0.15) is 11.8 Å². The molecule has 4 rings (SSSR count). The molecule has 2 aromatic rings. The fourth-order valence-corrected chi connectivity index (χ4v) is 4.71. The van der Waals surface area contributed by atoms with Crippen LogP contribution >= 0.6 is 0 Å². The topological polar surface area (TPSA) is 77.1 Å². The lowest BCUT2D eigenvalue weighted by Gasteiger charge is -2.31. The number of carbonyl (C=O) groups is 2. The third-order valence-electron chi connectivity index (χ3n) is 6.66. The maximum absolute atomic E-state index is 13.5. The fraction of sp³-hybridized carbons (Fsp3) is 0.481. The largest absolute Gasteiger partial charge is 0.497 e. The summed E-state index contributed by atoms with van der Waals surface area (Å²) in [5.74, 6) is 2.10. The summed E-state index contributed by atoms with van der Waals surface area (Å²) in [6.45, 7) is 2.56. The second-order valence-corrected chi connectivity index (χ2v) is 8.97. The summed E-state index contributed by atoms with van der Waals surface area (Å²) in [7, 11) is 1.63. The van der Waals surface area contributed by atoms with Crippen LogP contribution in [0.2, 0.25) is 0 Å². The number of methoxy groups -OCH3 is 1. The van der Waals surface area contributed by atoms with Gasteiger partial charge in [0.15, 0.2) is 11.5 Å².